The summed E-state index contributed by atoms with van der Waals surface area (Å²) in [6.07, 6.45) is 3.16. The number of furan rings is 1. The van der Waals surface area contributed by atoms with Gasteiger partial charge in [-0.15, -0.1) is 0 Å². The van der Waals surface area contributed by atoms with Gasteiger partial charge in [0.1, 0.15) is 6.10 Å². The van der Waals surface area contributed by atoms with Crippen molar-refractivity contribution in [2.75, 3.05) is 13.1 Å². The number of rotatable bonds is 2. The minimum atomic E-state index is -0.161. The summed E-state index contributed by atoms with van der Waals surface area (Å²) in [4.78, 5) is 18.7. The maximum atomic E-state index is 12.6. The van der Waals surface area contributed by atoms with Crippen LogP contribution >= 0.6 is 0 Å². The molecule has 0 N–H and O–H groups in total. The lowest BCUT2D eigenvalue weighted by atomic mass is 9.92. The molecule has 2 fully saturated rings. The summed E-state index contributed by atoms with van der Waals surface area (Å²) < 4.78 is 16.6. The Morgan fingerprint density at radius 3 is 2.96 bits per heavy atom. The molecule has 3 atom stereocenters. The van der Waals surface area contributed by atoms with Crippen LogP contribution in [-0.2, 0) is 4.74 Å². The van der Waals surface area contributed by atoms with Gasteiger partial charge in [-0.05, 0) is 32.8 Å². The number of carbonyl (C=O) groups excluding carboxylic acids is 1. The van der Waals surface area contributed by atoms with Gasteiger partial charge in [-0.1, -0.05) is 5.16 Å². The van der Waals surface area contributed by atoms with Crippen LogP contribution in [0.25, 0.3) is 0 Å². The highest BCUT2D eigenvalue weighted by atomic mass is 16.5. The van der Waals surface area contributed by atoms with E-state index in [1.54, 1.807) is 13.2 Å². The minimum Gasteiger partial charge on any atom is -0.459 e. The lowest BCUT2D eigenvalue weighted by Gasteiger charge is -2.33. The second-order valence-corrected chi connectivity index (χ2v) is 6.31. The predicted molar refractivity (Wildman–Crippen MR) is 78.7 cm³/mol. The quantitative estimate of drug-likeness (QED) is 0.845. The van der Waals surface area contributed by atoms with Gasteiger partial charge in [0.05, 0.1) is 12.4 Å². The Hall–Kier alpha value is -2.15. The molecule has 0 bridgehead atoms. The summed E-state index contributed by atoms with van der Waals surface area (Å²) in [6.45, 7) is 5.03. The fraction of sp³-hybridized carbons (Fsp3) is 0.562. The van der Waals surface area contributed by atoms with Crippen molar-refractivity contribution in [2.24, 2.45) is 5.92 Å². The third kappa shape index (κ3) is 2.55. The smallest absolute Gasteiger partial charge is 0.289 e. The zero-order valence-corrected chi connectivity index (χ0v) is 13.2. The van der Waals surface area contributed by atoms with Crippen molar-refractivity contribution in [3.8, 4) is 0 Å². The number of aryl methyl sites for hydroxylation is 2. The van der Waals surface area contributed by atoms with Gasteiger partial charge in [0.2, 0.25) is 0 Å². The van der Waals surface area contributed by atoms with Gasteiger partial charge in [0, 0.05) is 24.6 Å². The molecule has 23 heavy (non-hydrogen) atoms. The summed E-state index contributed by atoms with van der Waals surface area (Å²) in [6, 6.07) is 1.81. The lowest BCUT2D eigenvalue weighted by molar-refractivity contribution is -0.00826. The highest BCUT2D eigenvalue weighted by Crippen LogP contribution is 2.40. The van der Waals surface area contributed by atoms with Gasteiger partial charge in [0.25, 0.3) is 11.8 Å². The van der Waals surface area contributed by atoms with E-state index in [-0.39, 0.29) is 18.1 Å². The van der Waals surface area contributed by atoms with Gasteiger partial charge in [0.15, 0.2) is 11.6 Å². The van der Waals surface area contributed by atoms with E-state index in [0.717, 1.165) is 18.4 Å². The van der Waals surface area contributed by atoms with Crippen LogP contribution in [0, 0.1) is 19.8 Å². The molecule has 4 rings (SSSR count). The van der Waals surface area contributed by atoms with E-state index in [1.165, 1.54) is 0 Å². The average molecular weight is 317 g/mol. The molecule has 0 aromatic carbocycles. The largest absolute Gasteiger partial charge is 0.459 e. The standard InChI is InChI=1S/C16H19N3O4/c1-9-4-6-21-14(9)16(20)19-5-3-12-11(8-19)7-13(22-12)15-17-10(2)18-23-15/h4,6,11-13H,3,5,7-8H2,1-2H3/t11-,12+,13+/m1/s1. The number of piperidine rings is 1. The molecule has 122 valence electrons. The molecule has 0 saturated carbocycles. The molecule has 0 spiro atoms. The first-order chi connectivity index (χ1) is 11.1. The minimum absolute atomic E-state index is 0.0389. The molecule has 4 heterocycles. The number of fused-ring (bicyclic) bond motifs is 1. The van der Waals surface area contributed by atoms with E-state index >= 15 is 0 Å². The molecule has 7 nitrogen and oxygen atoms in total. The maximum absolute atomic E-state index is 12.6. The van der Waals surface area contributed by atoms with Gasteiger partial charge in [-0.25, -0.2) is 0 Å². The van der Waals surface area contributed by atoms with Crippen LogP contribution < -0.4 is 0 Å². The van der Waals surface area contributed by atoms with Crippen LogP contribution in [0.3, 0.4) is 0 Å². The Morgan fingerprint density at radius 1 is 1.39 bits per heavy atom. The molecule has 0 unspecified atom stereocenters. The Kier molecular flexibility index (Phi) is 3.45. The summed E-state index contributed by atoms with van der Waals surface area (Å²) in [5.74, 6) is 1.84. The second-order valence-electron chi connectivity index (χ2n) is 6.31. The van der Waals surface area contributed by atoms with E-state index in [0.29, 0.717) is 36.5 Å². The van der Waals surface area contributed by atoms with Gasteiger partial charge in [-0.2, -0.15) is 4.98 Å². The lowest BCUT2D eigenvalue weighted by Crippen LogP contribution is -2.44. The molecule has 2 saturated heterocycles. The van der Waals surface area contributed by atoms with E-state index in [2.05, 4.69) is 10.1 Å². The molecule has 2 aliphatic rings. The van der Waals surface area contributed by atoms with Crippen molar-refractivity contribution in [3.05, 3.63) is 35.4 Å². The molecular weight excluding hydrogens is 298 g/mol. The maximum Gasteiger partial charge on any atom is 0.289 e. The highest BCUT2D eigenvalue weighted by molar-refractivity contribution is 5.92. The van der Waals surface area contributed by atoms with Crippen molar-refractivity contribution in [1.29, 1.82) is 0 Å². The van der Waals surface area contributed by atoms with Crippen LogP contribution in [0.15, 0.2) is 21.3 Å². The molecule has 0 aliphatic carbocycles. The third-order valence-electron chi connectivity index (χ3n) is 4.68. The van der Waals surface area contributed by atoms with Gasteiger partial charge < -0.3 is 18.6 Å². The first-order valence-corrected chi connectivity index (χ1v) is 7.91. The van der Waals surface area contributed by atoms with Crippen molar-refractivity contribution in [3.63, 3.8) is 0 Å². The Balaban J connectivity index is 1.45. The number of amides is 1. The predicted octanol–water partition coefficient (Wildman–Crippen LogP) is 2.27. The first kappa shape index (κ1) is 14.4. The summed E-state index contributed by atoms with van der Waals surface area (Å²) in [5, 5.41) is 3.82. The van der Waals surface area contributed by atoms with Gasteiger partial charge in [-0.3, -0.25) is 4.79 Å². The van der Waals surface area contributed by atoms with Crippen LogP contribution in [-0.4, -0.2) is 40.1 Å². The summed E-state index contributed by atoms with van der Waals surface area (Å²) >= 11 is 0. The van der Waals surface area contributed by atoms with Crippen molar-refractivity contribution < 1.29 is 18.5 Å². The number of likely N-dealkylation sites (tertiary alicyclic amines) is 1. The third-order valence-corrected chi connectivity index (χ3v) is 4.68. The zero-order chi connectivity index (χ0) is 16.0. The summed E-state index contributed by atoms with van der Waals surface area (Å²) in [5.41, 5.74) is 0.874. The number of carbonyl (C=O) groups is 1. The molecule has 2 aromatic rings. The average Bonchev–Trinajstić information content (AvgIpc) is 3.24. The van der Waals surface area contributed by atoms with Crippen molar-refractivity contribution >= 4 is 5.91 Å². The fourth-order valence-corrected chi connectivity index (χ4v) is 3.48. The van der Waals surface area contributed by atoms with E-state index in [9.17, 15) is 4.79 Å². The fourth-order valence-electron chi connectivity index (χ4n) is 3.48. The molecule has 2 aliphatic heterocycles. The molecule has 7 heteroatoms. The van der Waals surface area contributed by atoms with Crippen LogP contribution in [0.5, 0.6) is 0 Å². The topological polar surface area (TPSA) is 81.6 Å². The van der Waals surface area contributed by atoms with Crippen LogP contribution in [0.2, 0.25) is 0 Å². The number of aromatic nitrogens is 2. The van der Waals surface area contributed by atoms with Crippen molar-refractivity contribution in [1.82, 2.24) is 15.0 Å². The second kappa shape index (κ2) is 5.49. The Labute approximate surface area is 133 Å². The summed E-state index contributed by atoms with van der Waals surface area (Å²) in [7, 11) is 0. The number of hydrogen-bond donors (Lipinski definition) is 0. The van der Waals surface area contributed by atoms with Gasteiger partial charge >= 0.3 is 0 Å². The SMILES string of the molecule is Cc1noc([C@@H]2C[C@@H]3CN(C(=O)c4occc4C)CC[C@@H]3O2)n1. The molecule has 0 radical (unpaired) electrons. The van der Waals surface area contributed by atoms with Crippen LogP contribution in [0.4, 0.5) is 0 Å². The van der Waals surface area contributed by atoms with E-state index in [4.69, 9.17) is 13.7 Å². The normalized spacial score (nSPS) is 27.2. The molecule has 1 amide bonds. The van der Waals surface area contributed by atoms with Crippen LogP contribution in [0.1, 0.15) is 46.8 Å². The zero-order valence-electron chi connectivity index (χ0n) is 13.2. The Bertz CT molecular complexity index is 722. The first-order valence-electron chi connectivity index (χ1n) is 7.91. The highest BCUT2D eigenvalue weighted by Gasteiger charge is 2.43. The number of hydrogen-bond acceptors (Lipinski definition) is 6. The monoisotopic (exact) mass is 317 g/mol. The molecule has 2 aromatic heterocycles. The number of nitrogens with zero attached hydrogens (tertiary/aromatic N) is 3. The van der Waals surface area contributed by atoms with E-state index in [1.807, 2.05) is 17.9 Å². The molecular formula is C16H19N3O4. The van der Waals surface area contributed by atoms with Crippen molar-refractivity contribution in [2.45, 2.75) is 38.9 Å². The number of ether oxygens (including phenoxy) is 1. The van der Waals surface area contributed by atoms with E-state index < -0.39 is 0 Å². The Morgan fingerprint density at radius 2 is 2.26 bits per heavy atom.